The summed E-state index contributed by atoms with van der Waals surface area (Å²) in [5.41, 5.74) is 11.6. The van der Waals surface area contributed by atoms with E-state index in [4.69, 9.17) is 0 Å². The lowest BCUT2D eigenvalue weighted by Gasteiger charge is -2.17. The molecule has 228 valence electrons. The van der Waals surface area contributed by atoms with Crippen LogP contribution in [0.3, 0.4) is 0 Å². The molecule has 0 aliphatic rings. The molecule has 9 rings (SSSR count). The highest BCUT2D eigenvalue weighted by Crippen LogP contribution is 2.39. The highest BCUT2D eigenvalue weighted by atomic mass is 15.0. The number of fused-ring (bicyclic) bond motifs is 6. The summed E-state index contributed by atoms with van der Waals surface area (Å²) < 4.78 is 4.56. The number of benzene rings is 7. The van der Waals surface area contributed by atoms with Gasteiger partial charge in [0.1, 0.15) is 6.07 Å². The molecule has 4 nitrogen and oxygen atoms in total. The number of hydrogen-bond donors (Lipinski definition) is 0. The molecule has 9 aromatic rings. The molecule has 0 spiro atoms. The minimum atomic E-state index is 0.593. The molecule has 0 fully saturated rings. The second-order valence-corrected chi connectivity index (χ2v) is 12.4. The van der Waals surface area contributed by atoms with Crippen LogP contribution in [0.5, 0.6) is 0 Å². The monoisotopic (exact) mass is 624 g/mol. The Morgan fingerprint density at radius 3 is 1.57 bits per heavy atom. The van der Waals surface area contributed by atoms with Gasteiger partial charge in [-0.3, -0.25) is 0 Å². The number of hydrogen-bond acceptors (Lipinski definition) is 2. The van der Waals surface area contributed by atoms with Gasteiger partial charge in [-0.05, 0) is 76.3 Å². The van der Waals surface area contributed by atoms with Crippen molar-refractivity contribution in [2.75, 3.05) is 0 Å². The van der Waals surface area contributed by atoms with E-state index in [9.17, 15) is 10.5 Å². The van der Waals surface area contributed by atoms with Crippen molar-refractivity contribution < 1.29 is 0 Å². The van der Waals surface area contributed by atoms with Crippen LogP contribution in [-0.2, 0) is 6.54 Å². The van der Waals surface area contributed by atoms with Gasteiger partial charge in [-0.1, -0.05) is 109 Å². The molecule has 49 heavy (non-hydrogen) atoms. The van der Waals surface area contributed by atoms with Crippen LogP contribution in [0.4, 0.5) is 0 Å². The van der Waals surface area contributed by atoms with E-state index in [1.165, 1.54) is 21.8 Å². The minimum absolute atomic E-state index is 0.593. The summed E-state index contributed by atoms with van der Waals surface area (Å²) in [5, 5.41) is 25.3. The van der Waals surface area contributed by atoms with Crippen LogP contribution in [0.2, 0.25) is 0 Å². The Hall–Kier alpha value is -6.88. The lowest BCUT2D eigenvalue weighted by Crippen LogP contribution is -2.02. The first-order valence-electron chi connectivity index (χ1n) is 16.3. The average Bonchev–Trinajstić information content (AvgIpc) is 3.67. The molecule has 0 saturated carbocycles. The molecule has 0 bridgehead atoms. The fraction of sp³-hybridized carbons (Fsp3) is 0.0222. The van der Waals surface area contributed by atoms with Gasteiger partial charge in [0.25, 0.3) is 0 Å². The first kappa shape index (κ1) is 28.4. The van der Waals surface area contributed by atoms with Gasteiger partial charge >= 0.3 is 0 Å². The summed E-state index contributed by atoms with van der Waals surface area (Å²) in [7, 11) is 0. The van der Waals surface area contributed by atoms with Crippen molar-refractivity contribution in [3.63, 3.8) is 0 Å². The van der Waals surface area contributed by atoms with Gasteiger partial charge in [-0.25, -0.2) is 0 Å². The van der Waals surface area contributed by atoms with Crippen molar-refractivity contribution in [3.8, 4) is 40.1 Å². The van der Waals surface area contributed by atoms with Crippen LogP contribution >= 0.6 is 0 Å². The van der Waals surface area contributed by atoms with Gasteiger partial charge in [0.2, 0.25) is 0 Å². The van der Waals surface area contributed by atoms with E-state index in [0.717, 1.165) is 55.3 Å². The molecule has 0 N–H and O–H groups in total. The quantitative estimate of drug-likeness (QED) is 0.191. The molecule has 0 aliphatic heterocycles. The summed E-state index contributed by atoms with van der Waals surface area (Å²) >= 11 is 0. The second-order valence-electron chi connectivity index (χ2n) is 12.4. The van der Waals surface area contributed by atoms with Crippen LogP contribution < -0.4 is 0 Å². The summed E-state index contributed by atoms with van der Waals surface area (Å²) in [6.45, 7) is 0.638. The van der Waals surface area contributed by atoms with Crippen molar-refractivity contribution >= 4 is 43.6 Å². The zero-order valence-corrected chi connectivity index (χ0v) is 26.5. The molecule has 0 atom stereocenters. The zero-order chi connectivity index (χ0) is 32.9. The maximum absolute atomic E-state index is 10.5. The van der Waals surface area contributed by atoms with Crippen LogP contribution in [0.1, 0.15) is 16.7 Å². The van der Waals surface area contributed by atoms with Crippen molar-refractivity contribution in [1.82, 2.24) is 9.13 Å². The van der Waals surface area contributed by atoms with E-state index in [0.29, 0.717) is 17.7 Å². The highest BCUT2D eigenvalue weighted by molar-refractivity contribution is 6.10. The van der Waals surface area contributed by atoms with Crippen molar-refractivity contribution in [3.05, 3.63) is 174 Å². The van der Waals surface area contributed by atoms with Crippen LogP contribution in [-0.4, -0.2) is 9.13 Å². The maximum atomic E-state index is 10.5. The zero-order valence-electron chi connectivity index (χ0n) is 26.5. The molecule has 0 saturated heterocycles. The fourth-order valence-corrected chi connectivity index (χ4v) is 7.52. The van der Waals surface area contributed by atoms with Crippen LogP contribution in [0.25, 0.3) is 71.6 Å². The van der Waals surface area contributed by atoms with Crippen molar-refractivity contribution in [2.45, 2.75) is 6.54 Å². The van der Waals surface area contributed by atoms with Gasteiger partial charge < -0.3 is 9.13 Å². The Morgan fingerprint density at radius 1 is 0.449 bits per heavy atom. The van der Waals surface area contributed by atoms with Crippen molar-refractivity contribution in [1.29, 1.82) is 10.5 Å². The predicted octanol–water partition coefficient (Wildman–Crippen LogP) is 11.0. The van der Waals surface area contributed by atoms with Gasteiger partial charge in [-0.15, -0.1) is 0 Å². The van der Waals surface area contributed by atoms with E-state index in [-0.39, 0.29) is 0 Å². The average molecular weight is 625 g/mol. The number of nitriles is 2. The largest absolute Gasteiger partial charge is 0.336 e. The molecule has 2 aromatic heterocycles. The lowest BCUT2D eigenvalue weighted by atomic mass is 9.90. The molecule has 2 heterocycles. The van der Waals surface area contributed by atoms with E-state index in [1.807, 2.05) is 42.5 Å². The molecular formula is C45H28N4. The first-order chi connectivity index (χ1) is 24.2. The third kappa shape index (κ3) is 4.51. The standard InChI is InChI=1S/C45H28N4/c46-27-30-21-22-32(29-48-42-17-7-3-13-36(42)37-14-4-8-18-43(37)48)40(25-30)35-12-2-1-11-34(35)31-23-24-41(33(26-31)28-47)49-44-19-9-5-15-38(44)39-16-6-10-20-45(39)49/h1-26H,29H2. The predicted molar refractivity (Wildman–Crippen MR) is 200 cm³/mol. The van der Waals surface area contributed by atoms with Crippen LogP contribution in [0, 0.1) is 22.7 Å². The number of aromatic nitrogens is 2. The molecule has 0 aliphatic carbocycles. The van der Waals surface area contributed by atoms with Gasteiger partial charge in [0.05, 0.1) is 33.9 Å². The Balaban J connectivity index is 1.21. The Labute approximate surface area is 283 Å². The summed E-state index contributed by atoms with van der Waals surface area (Å²) in [6, 6.07) is 59.1. The minimum Gasteiger partial charge on any atom is -0.336 e. The SMILES string of the molecule is N#Cc1ccc(Cn2c3ccccc3c3ccccc32)c(-c2ccccc2-c2ccc(-n3c4ccccc4c4ccccc43)c(C#N)c2)c1. The molecule has 0 amide bonds. The molecule has 4 heteroatoms. The number of nitrogens with zero attached hydrogens (tertiary/aromatic N) is 4. The highest BCUT2D eigenvalue weighted by Gasteiger charge is 2.18. The normalized spacial score (nSPS) is 11.3. The maximum Gasteiger partial charge on any atom is 0.101 e. The topological polar surface area (TPSA) is 57.4 Å². The van der Waals surface area contributed by atoms with E-state index in [2.05, 4.69) is 137 Å². The van der Waals surface area contributed by atoms with Gasteiger partial charge in [0, 0.05) is 39.1 Å². The Kier molecular flexibility index (Phi) is 6.61. The fourth-order valence-electron chi connectivity index (χ4n) is 7.52. The molecule has 7 aromatic carbocycles. The molecule has 0 unspecified atom stereocenters. The van der Waals surface area contributed by atoms with Crippen molar-refractivity contribution in [2.24, 2.45) is 0 Å². The van der Waals surface area contributed by atoms with Gasteiger partial charge in [0.15, 0.2) is 0 Å². The third-order valence-electron chi connectivity index (χ3n) is 9.71. The third-order valence-corrected chi connectivity index (χ3v) is 9.71. The lowest BCUT2D eigenvalue weighted by molar-refractivity contribution is 0.870. The molecule has 0 radical (unpaired) electrons. The number of para-hydroxylation sites is 4. The van der Waals surface area contributed by atoms with E-state index < -0.39 is 0 Å². The molecular weight excluding hydrogens is 597 g/mol. The van der Waals surface area contributed by atoms with E-state index in [1.54, 1.807) is 0 Å². The van der Waals surface area contributed by atoms with Gasteiger partial charge in [-0.2, -0.15) is 10.5 Å². The smallest absolute Gasteiger partial charge is 0.101 e. The summed E-state index contributed by atoms with van der Waals surface area (Å²) in [4.78, 5) is 0. The second kappa shape index (κ2) is 11.4. The summed E-state index contributed by atoms with van der Waals surface area (Å²) in [5.74, 6) is 0. The first-order valence-corrected chi connectivity index (χ1v) is 16.3. The summed E-state index contributed by atoms with van der Waals surface area (Å²) in [6.07, 6.45) is 0. The number of rotatable bonds is 5. The van der Waals surface area contributed by atoms with E-state index >= 15 is 0 Å². The Morgan fingerprint density at radius 2 is 0.980 bits per heavy atom. The Bertz CT molecular complexity index is 2730. The van der Waals surface area contributed by atoms with Crippen LogP contribution in [0.15, 0.2) is 158 Å².